The quantitative estimate of drug-likeness (QED) is 0.739. The van der Waals surface area contributed by atoms with Crippen molar-refractivity contribution in [2.24, 2.45) is 11.7 Å². The SMILES string of the molecule is CC.CC(C=O)NC(=O)C(N)C(C)C.CCC.CCCC.[HH].[HH]. The first-order valence-electron chi connectivity index (χ1n) is 8.33. The Morgan fingerprint density at radius 3 is 1.62 bits per heavy atom. The monoisotopic (exact) mass is 308 g/mol. The Bertz CT molecular complexity index is 215. The highest BCUT2D eigenvalue weighted by molar-refractivity contribution is 5.84. The van der Waals surface area contributed by atoms with Crippen molar-refractivity contribution in [1.82, 2.24) is 5.32 Å². The standard InChI is InChI=1S/C8H16N2O2.C4H10.C3H8.C2H6.2H2/c1-5(2)7(9)8(12)10-6(3)4-11;1-3-4-2;1-3-2;1-2;;/h4-7H,9H2,1-3H3,(H,10,12);3-4H2,1-2H3;3H2,1-2H3;1-2H3;2*1H. The number of hydrogen-bond acceptors (Lipinski definition) is 3. The summed E-state index contributed by atoms with van der Waals surface area (Å²) in [6.07, 6.45) is 4.56. The van der Waals surface area contributed by atoms with Crippen LogP contribution in [0.25, 0.3) is 0 Å². The van der Waals surface area contributed by atoms with Crippen LogP contribution in [0.15, 0.2) is 0 Å². The molecule has 0 rings (SSSR count). The van der Waals surface area contributed by atoms with Gasteiger partial charge in [0, 0.05) is 2.85 Å². The van der Waals surface area contributed by atoms with E-state index in [4.69, 9.17) is 5.73 Å². The lowest BCUT2D eigenvalue weighted by molar-refractivity contribution is -0.125. The minimum Gasteiger partial charge on any atom is -0.346 e. The predicted molar refractivity (Wildman–Crippen MR) is 98.6 cm³/mol. The molecule has 2 unspecified atom stereocenters. The topological polar surface area (TPSA) is 72.2 Å². The third-order valence-electron chi connectivity index (χ3n) is 2.10. The second-order valence-corrected chi connectivity index (χ2v) is 4.91. The van der Waals surface area contributed by atoms with Crippen molar-refractivity contribution in [2.45, 2.75) is 93.7 Å². The van der Waals surface area contributed by atoms with Crippen LogP contribution < -0.4 is 11.1 Å². The Hall–Kier alpha value is -0.900. The number of rotatable bonds is 5. The summed E-state index contributed by atoms with van der Waals surface area (Å²) in [5, 5.41) is 2.48. The van der Waals surface area contributed by atoms with Crippen LogP contribution in [0.5, 0.6) is 0 Å². The third kappa shape index (κ3) is 28.1. The lowest BCUT2D eigenvalue weighted by atomic mass is 10.0. The fourth-order valence-corrected chi connectivity index (χ4v) is 0.657. The third-order valence-corrected chi connectivity index (χ3v) is 2.10. The zero-order chi connectivity index (χ0) is 17.8. The van der Waals surface area contributed by atoms with E-state index >= 15 is 0 Å². The molecule has 0 saturated carbocycles. The summed E-state index contributed by atoms with van der Waals surface area (Å²) in [7, 11) is 0. The van der Waals surface area contributed by atoms with Gasteiger partial charge in [-0.15, -0.1) is 0 Å². The molecule has 4 heteroatoms. The van der Waals surface area contributed by atoms with Crippen molar-refractivity contribution in [1.29, 1.82) is 0 Å². The number of aldehydes is 1. The number of carbonyl (C=O) groups excluding carboxylic acids is 2. The molecule has 0 saturated heterocycles. The minimum absolute atomic E-state index is 0. The summed E-state index contributed by atoms with van der Waals surface area (Å²) in [5.41, 5.74) is 5.54. The second-order valence-electron chi connectivity index (χ2n) is 4.91. The molecule has 3 N–H and O–H groups in total. The number of unbranched alkanes of at least 4 members (excludes halogenated alkanes) is 1. The van der Waals surface area contributed by atoms with Gasteiger partial charge in [-0.2, -0.15) is 0 Å². The van der Waals surface area contributed by atoms with Crippen molar-refractivity contribution >= 4 is 12.2 Å². The normalized spacial score (nSPS) is 11.4. The zero-order valence-corrected chi connectivity index (χ0v) is 15.8. The first-order chi connectivity index (χ1) is 9.81. The molecule has 0 aliphatic heterocycles. The summed E-state index contributed by atoms with van der Waals surface area (Å²) in [6.45, 7) is 17.9. The highest BCUT2D eigenvalue weighted by Gasteiger charge is 2.18. The van der Waals surface area contributed by atoms with Crippen molar-refractivity contribution in [3.8, 4) is 0 Å². The van der Waals surface area contributed by atoms with Crippen LogP contribution in [0.1, 0.15) is 84.4 Å². The lowest BCUT2D eigenvalue weighted by Crippen LogP contribution is -2.47. The van der Waals surface area contributed by atoms with Gasteiger partial charge in [0.25, 0.3) is 0 Å². The van der Waals surface area contributed by atoms with Crippen molar-refractivity contribution < 1.29 is 12.4 Å². The second kappa shape index (κ2) is 24.1. The smallest absolute Gasteiger partial charge is 0.237 e. The number of amides is 1. The van der Waals surface area contributed by atoms with E-state index < -0.39 is 12.1 Å². The average molecular weight is 309 g/mol. The summed E-state index contributed by atoms with van der Waals surface area (Å²) in [4.78, 5) is 21.3. The molecule has 4 nitrogen and oxygen atoms in total. The van der Waals surface area contributed by atoms with E-state index in [1.165, 1.54) is 19.3 Å². The van der Waals surface area contributed by atoms with E-state index in [-0.39, 0.29) is 14.7 Å². The number of nitrogens with one attached hydrogen (secondary N) is 1. The summed E-state index contributed by atoms with van der Waals surface area (Å²) < 4.78 is 0. The van der Waals surface area contributed by atoms with E-state index in [1.54, 1.807) is 6.92 Å². The zero-order valence-electron chi connectivity index (χ0n) is 15.8. The van der Waals surface area contributed by atoms with Crippen LogP contribution in [0.4, 0.5) is 0 Å². The largest absolute Gasteiger partial charge is 0.346 e. The fraction of sp³-hybridized carbons (Fsp3) is 0.882. The fourth-order valence-electron chi connectivity index (χ4n) is 0.657. The van der Waals surface area contributed by atoms with Crippen LogP contribution >= 0.6 is 0 Å². The molecular weight excluding hydrogens is 264 g/mol. The van der Waals surface area contributed by atoms with Crippen LogP contribution in [-0.2, 0) is 9.59 Å². The van der Waals surface area contributed by atoms with Crippen LogP contribution in [-0.4, -0.2) is 24.3 Å². The molecule has 0 radical (unpaired) electrons. The van der Waals surface area contributed by atoms with Gasteiger partial charge in [-0.25, -0.2) is 0 Å². The molecule has 0 aromatic carbocycles. The van der Waals surface area contributed by atoms with E-state index in [0.717, 1.165) is 0 Å². The van der Waals surface area contributed by atoms with Gasteiger partial charge in [-0.05, 0) is 12.8 Å². The van der Waals surface area contributed by atoms with Gasteiger partial charge >= 0.3 is 0 Å². The van der Waals surface area contributed by atoms with E-state index in [2.05, 4.69) is 33.0 Å². The summed E-state index contributed by atoms with van der Waals surface area (Å²) in [5.74, 6) is -0.187. The first-order valence-corrected chi connectivity index (χ1v) is 8.33. The summed E-state index contributed by atoms with van der Waals surface area (Å²) in [6, 6.07) is -0.991. The number of carbonyl (C=O) groups is 2. The Morgan fingerprint density at radius 1 is 1.10 bits per heavy atom. The van der Waals surface area contributed by atoms with E-state index in [9.17, 15) is 9.59 Å². The van der Waals surface area contributed by atoms with E-state index in [0.29, 0.717) is 6.29 Å². The Morgan fingerprint density at radius 2 is 1.43 bits per heavy atom. The van der Waals surface area contributed by atoms with Gasteiger partial charge in [-0.3, -0.25) is 4.79 Å². The molecule has 134 valence electrons. The van der Waals surface area contributed by atoms with E-state index in [1.807, 2.05) is 27.7 Å². The van der Waals surface area contributed by atoms with Crippen molar-refractivity contribution in [3.05, 3.63) is 0 Å². The van der Waals surface area contributed by atoms with Gasteiger partial charge in [-0.1, -0.05) is 74.7 Å². The number of hydrogen-bond donors (Lipinski definition) is 2. The van der Waals surface area contributed by atoms with Gasteiger partial charge in [0.15, 0.2) is 0 Å². The molecule has 0 aliphatic rings. The molecule has 21 heavy (non-hydrogen) atoms. The maximum absolute atomic E-state index is 11.2. The summed E-state index contributed by atoms with van der Waals surface area (Å²) >= 11 is 0. The highest BCUT2D eigenvalue weighted by Crippen LogP contribution is 1.97. The first kappa shape index (κ1) is 28.3. The average Bonchev–Trinajstić information content (AvgIpc) is 2.49. The Balaban J connectivity index is -0.0000000555. The molecule has 0 aromatic rings. The lowest BCUT2D eigenvalue weighted by Gasteiger charge is -2.16. The van der Waals surface area contributed by atoms with Gasteiger partial charge in [0.05, 0.1) is 12.1 Å². The number of nitrogens with two attached hydrogens (primary N) is 1. The van der Waals surface area contributed by atoms with Gasteiger partial charge < -0.3 is 15.8 Å². The van der Waals surface area contributed by atoms with Crippen molar-refractivity contribution in [2.75, 3.05) is 0 Å². The van der Waals surface area contributed by atoms with Gasteiger partial charge in [0.1, 0.15) is 6.29 Å². The molecule has 0 aliphatic carbocycles. The molecule has 0 aromatic heterocycles. The van der Waals surface area contributed by atoms with Crippen LogP contribution in [0.2, 0.25) is 0 Å². The molecule has 0 fully saturated rings. The van der Waals surface area contributed by atoms with Gasteiger partial charge in [0.2, 0.25) is 5.91 Å². The maximum atomic E-state index is 11.2. The highest BCUT2D eigenvalue weighted by atomic mass is 16.2. The van der Waals surface area contributed by atoms with Crippen LogP contribution in [0.3, 0.4) is 0 Å². The predicted octanol–water partition coefficient (Wildman–Crippen LogP) is 4.41. The molecule has 0 spiro atoms. The van der Waals surface area contributed by atoms with Crippen LogP contribution in [0, 0.1) is 5.92 Å². The molecular formula is C17H44N2O2. The molecule has 2 atom stereocenters. The molecule has 1 amide bonds. The Kier molecular flexibility index (Phi) is 32.5. The molecule has 0 heterocycles. The Labute approximate surface area is 136 Å². The molecule has 0 bridgehead atoms. The maximum Gasteiger partial charge on any atom is 0.237 e. The van der Waals surface area contributed by atoms with Crippen molar-refractivity contribution in [3.63, 3.8) is 0 Å². The minimum atomic E-state index is -0.535.